The summed E-state index contributed by atoms with van der Waals surface area (Å²) in [6.45, 7) is 0. The van der Waals surface area contributed by atoms with Crippen LogP contribution in [0.15, 0.2) is 53.6 Å². The van der Waals surface area contributed by atoms with E-state index in [0.29, 0.717) is 10.9 Å². The number of nitrogens with two attached hydrogens (primary N) is 1. The van der Waals surface area contributed by atoms with E-state index in [0.717, 1.165) is 11.3 Å². The molecule has 0 aliphatic heterocycles. The van der Waals surface area contributed by atoms with Crippen molar-refractivity contribution in [3.05, 3.63) is 59.7 Å². The fourth-order valence-corrected chi connectivity index (χ4v) is 2.34. The van der Waals surface area contributed by atoms with E-state index in [4.69, 9.17) is 10.5 Å². The summed E-state index contributed by atoms with van der Waals surface area (Å²) >= 11 is 1.46. The van der Waals surface area contributed by atoms with Crippen LogP contribution in [0, 0.1) is 0 Å². The summed E-state index contributed by atoms with van der Waals surface area (Å²) in [5.41, 5.74) is 7.84. The van der Waals surface area contributed by atoms with Crippen molar-refractivity contribution in [3.63, 3.8) is 0 Å². The van der Waals surface area contributed by atoms with Crippen molar-refractivity contribution in [1.82, 2.24) is 0 Å². The molecular weight excluding hydrogens is 298 g/mol. The Hall–Kier alpha value is -2.47. The molecule has 0 saturated heterocycles. The molecule has 0 atom stereocenters. The number of nitrogens with zero attached hydrogens (tertiary/aromatic N) is 1. The molecule has 0 heterocycles. The van der Waals surface area contributed by atoms with Crippen molar-refractivity contribution >= 4 is 23.1 Å². The van der Waals surface area contributed by atoms with Gasteiger partial charge in [-0.3, -0.25) is 0 Å². The molecule has 0 amide bonds. The van der Waals surface area contributed by atoms with Crippen molar-refractivity contribution < 1.29 is 14.9 Å². The number of methoxy groups -OCH3 is 1. The number of rotatable bonds is 5. The SMILES string of the molecule is COc1cc(C=[NH+]N=C(N)SCc2ccccc2)ccc1O. The molecule has 22 heavy (non-hydrogen) atoms. The predicted molar refractivity (Wildman–Crippen MR) is 90.1 cm³/mol. The zero-order valence-electron chi connectivity index (χ0n) is 12.2. The number of hydrazone groups is 1. The van der Waals surface area contributed by atoms with Gasteiger partial charge in [0.1, 0.15) is 0 Å². The van der Waals surface area contributed by atoms with E-state index in [-0.39, 0.29) is 5.75 Å². The molecule has 5 nitrogen and oxygen atoms in total. The van der Waals surface area contributed by atoms with Crippen molar-refractivity contribution in [2.45, 2.75) is 5.75 Å². The summed E-state index contributed by atoms with van der Waals surface area (Å²) in [4.78, 5) is 0. The number of nitrogens with one attached hydrogen (secondary N) is 1. The molecule has 6 heteroatoms. The summed E-state index contributed by atoms with van der Waals surface area (Å²) < 4.78 is 5.04. The fourth-order valence-electron chi connectivity index (χ4n) is 1.72. The molecule has 2 aromatic carbocycles. The van der Waals surface area contributed by atoms with Gasteiger partial charge in [-0.15, -0.1) is 5.10 Å². The Kier molecular flexibility index (Phi) is 5.85. The average molecular weight is 316 g/mol. The van der Waals surface area contributed by atoms with E-state index in [9.17, 15) is 5.11 Å². The second-order valence-corrected chi connectivity index (χ2v) is 5.42. The monoisotopic (exact) mass is 316 g/mol. The number of hydrogen-bond donors (Lipinski definition) is 3. The van der Waals surface area contributed by atoms with Crippen LogP contribution in [-0.4, -0.2) is 23.6 Å². The molecule has 2 rings (SSSR count). The zero-order chi connectivity index (χ0) is 15.8. The molecular formula is C16H18N3O2S+. The van der Waals surface area contributed by atoms with Crippen molar-refractivity contribution in [2.24, 2.45) is 10.8 Å². The quantitative estimate of drug-likeness (QED) is 0.438. The van der Waals surface area contributed by atoms with Gasteiger partial charge in [-0.1, -0.05) is 42.1 Å². The smallest absolute Gasteiger partial charge is 0.226 e. The van der Waals surface area contributed by atoms with Crippen molar-refractivity contribution in [1.29, 1.82) is 0 Å². The summed E-state index contributed by atoms with van der Waals surface area (Å²) in [5.74, 6) is 1.28. The van der Waals surface area contributed by atoms with E-state index < -0.39 is 0 Å². The van der Waals surface area contributed by atoms with Gasteiger partial charge in [-0.05, 0) is 23.8 Å². The largest absolute Gasteiger partial charge is 0.504 e. The summed E-state index contributed by atoms with van der Waals surface area (Å²) in [6.07, 6.45) is 1.68. The van der Waals surface area contributed by atoms with E-state index >= 15 is 0 Å². The third-order valence-electron chi connectivity index (χ3n) is 2.84. The molecule has 0 fully saturated rings. The van der Waals surface area contributed by atoms with Gasteiger partial charge in [0.15, 0.2) is 11.5 Å². The molecule has 2 aromatic rings. The maximum Gasteiger partial charge on any atom is 0.226 e. The van der Waals surface area contributed by atoms with Gasteiger partial charge in [0, 0.05) is 16.4 Å². The normalized spacial score (nSPS) is 11.8. The maximum atomic E-state index is 9.52. The van der Waals surface area contributed by atoms with Gasteiger partial charge in [0.05, 0.1) is 7.11 Å². The number of amidine groups is 1. The number of benzene rings is 2. The summed E-state index contributed by atoms with van der Waals surface area (Å²) in [5, 5.41) is 16.8. The lowest BCUT2D eigenvalue weighted by atomic mass is 10.2. The number of hydrogen-bond acceptors (Lipinski definition) is 4. The minimum absolute atomic E-state index is 0.0982. The molecule has 0 saturated carbocycles. The highest BCUT2D eigenvalue weighted by Crippen LogP contribution is 2.25. The van der Waals surface area contributed by atoms with Crippen LogP contribution in [0.1, 0.15) is 11.1 Å². The Morgan fingerprint density at radius 3 is 2.82 bits per heavy atom. The van der Waals surface area contributed by atoms with E-state index in [1.807, 2.05) is 30.3 Å². The topological polar surface area (TPSA) is 81.8 Å². The molecule has 114 valence electrons. The Bertz CT molecular complexity index is 672. The Morgan fingerprint density at radius 2 is 2.09 bits per heavy atom. The molecule has 0 spiro atoms. The lowest BCUT2D eigenvalue weighted by molar-refractivity contribution is -0.456. The first-order valence-corrected chi connectivity index (χ1v) is 7.63. The van der Waals surface area contributed by atoms with Crippen LogP contribution >= 0.6 is 11.8 Å². The molecule has 4 N–H and O–H groups in total. The van der Waals surface area contributed by atoms with Crippen LogP contribution in [0.2, 0.25) is 0 Å². The zero-order valence-corrected chi connectivity index (χ0v) is 13.0. The van der Waals surface area contributed by atoms with Crippen LogP contribution in [0.5, 0.6) is 11.5 Å². The molecule has 0 unspecified atom stereocenters. The first-order valence-electron chi connectivity index (χ1n) is 6.64. The highest BCUT2D eigenvalue weighted by molar-refractivity contribution is 8.13. The highest BCUT2D eigenvalue weighted by atomic mass is 32.2. The minimum Gasteiger partial charge on any atom is -0.504 e. The number of ether oxygens (including phenoxy) is 1. The molecule has 0 aliphatic rings. The van der Waals surface area contributed by atoms with Crippen molar-refractivity contribution in [2.75, 3.05) is 7.11 Å². The standard InChI is InChI=1S/C16H17N3O2S/c1-21-15-9-13(7-8-14(15)20)10-18-19-16(17)22-11-12-5-3-2-4-6-12/h2-10,20H,11H2,1H3,(H2,17,19)/p+1. The van der Waals surface area contributed by atoms with Gasteiger partial charge >= 0.3 is 0 Å². The molecule has 0 aliphatic carbocycles. The minimum atomic E-state index is 0.0982. The Morgan fingerprint density at radius 1 is 1.32 bits per heavy atom. The molecule has 0 radical (unpaired) electrons. The third kappa shape index (κ3) is 4.82. The van der Waals surface area contributed by atoms with Crippen LogP contribution in [-0.2, 0) is 5.75 Å². The Balaban J connectivity index is 1.92. The van der Waals surface area contributed by atoms with Gasteiger partial charge in [-0.2, -0.15) is 0 Å². The summed E-state index contributed by atoms with van der Waals surface area (Å²) in [7, 11) is 1.50. The maximum absolute atomic E-state index is 9.52. The first kappa shape index (κ1) is 15.9. The number of aromatic hydroxyl groups is 1. The number of phenols is 1. The summed E-state index contributed by atoms with van der Waals surface area (Å²) in [6, 6.07) is 15.1. The number of phenolic OH excluding ortho intramolecular Hbond substituents is 1. The van der Waals surface area contributed by atoms with Crippen LogP contribution < -0.4 is 15.6 Å². The predicted octanol–water partition coefficient (Wildman–Crippen LogP) is 1.06. The molecule has 0 aromatic heterocycles. The fraction of sp³-hybridized carbons (Fsp3) is 0.125. The van der Waals surface area contributed by atoms with Crippen LogP contribution in [0.3, 0.4) is 0 Å². The lowest BCUT2D eigenvalue weighted by Crippen LogP contribution is -2.62. The average Bonchev–Trinajstić information content (AvgIpc) is 2.55. The van der Waals surface area contributed by atoms with Crippen LogP contribution in [0.25, 0.3) is 0 Å². The van der Waals surface area contributed by atoms with E-state index in [1.165, 1.54) is 24.4 Å². The number of thioether (sulfide) groups is 1. The van der Waals surface area contributed by atoms with Gasteiger partial charge in [-0.25, -0.2) is 0 Å². The van der Waals surface area contributed by atoms with E-state index in [2.05, 4.69) is 10.2 Å². The van der Waals surface area contributed by atoms with Crippen molar-refractivity contribution in [3.8, 4) is 11.5 Å². The molecule has 0 bridgehead atoms. The van der Waals surface area contributed by atoms with Crippen LogP contribution in [0.4, 0.5) is 0 Å². The second-order valence-electron chi connectivity index (χ2n) is 4.43. The third-order valence-corrected chi connectivity index (χ3v) is 3.70. The lowest BCUT2D eigenvalue weighted by Gasteiger charge is -2.01. The second kappa shape index (κ2) is 8.09. The highest BCUT2D eigenvalue weighted by Gasteiger charge is 2.03. The van der Waals surface area contributed by atoms with Gasteiger partial charge < -0.3 is 15.6 Å². The van der Waals surface area contributed by atoms with E-state index in [1.54, 1.807) is 24.4 Å². The first-order chi connectivity index (χ1) is 10.7. The Labute approximate surface area is 133 Å². The van der Waals surface area contributed by atoms with Gasteiger partial charge in [0.2, 0.25) is 11.4 Å². The van der Waals surface area contributed by atoms with Gasteiger partial charge in [0.25, 0.3) is 0 Å².